The third kappa shape index (κ3) is 2.84. The summed E-state index contributed by atoms with van der Waals surface area (Å²) < 4.78 is 5.62. The van der Waals surface area contributed by atoms with E-state index in [4.69, 9.17) is 16.3 Å². The number of fused-ring (bicyclic) bond motifs is 1. The average molecular weight is 337 g/mol. The number of carbonyl (C=O) groups is 1. The Hall–Kier alpha value is -1.22. The number of ether oxygens (including phenoxy) is 1. The smallest absolute Gasteiger partial charge is 0.314 e. The van der Waals surface area contributed by atoms with Gasteiger partial charge in [-0.2, -0.15) is 0 Å². The van der Waals surface area contributed by atoms with E-state index in [2.05, 4.69) is 6.07 Å². The van der Waals surface area contributed by atoms with Crippen LogP contribution in [0.15, 0.2) is 6.07 Å². The highest BCUT2D eigenvalue weighted by atomic mass is 35.5. The highest BCUT2D eigenvalue weighted by Crippen LogP contribution is 2.48. The van der Waals surface area contributed by atoms with Crippen LogP contribution in [0, 0.1) is 0 Å². The lowest BCUT2D eigenvalue weighted by molar-refractivity contribution is -0.145. The molecule has 0 aromatic heterocycles. The van der Waals surface area contributed by atoms with Crippen LogP contribution in [0.5, 0.6) is 5.75 Å². The summed E-state index contributed by atoms with van der Waals surface area (Å²) in [5.41, 5.74) is 2.36. The fourth-order valence-electron chi connectivity index (χ4n) is 4.32. The molecular weight excluding hydrogens is 312 g/mol. The maximum atomic E-state index is 12.2. The van der Waals surface area contributed by atoms with Crippen LogP contribution in [0.1, 0.15) is 68.1 Å². The minimum Gasteiger partial charge on any atom is -0.495 e. The number of aliphatic carboxylic acids is 1. The van der Waals surface area contributed by atoms with Crippen molar-refractivity contribution in [2.75, 3.05) is 7.11 Å². The van der Waals surface area contributed by atoms with Gasteiger partial charge in [-0.3, -0.25) is 4.79 Å². The molecule has 0 bridgehead atoms. The molecule has 3 rings (SSSR count). The van der Waals surface area contributed by atoms with Crippen LogP contribution in [-0.2, 0) is 23.1 Å². The van der Waals surface area contributed by atoms with Gasteiger partial charge in [-0.25, -0.2) is 0 Å². The number of carboxylic acid groups (broad SMARTS) is 1. The monoisotopic (exact) mass is 336 g/mol. The molecule has 0 unspecified atom stereocenters. The molecule has 23 heavy (non-hydrogen) atoms. The number of hydrogen-bond donors (Lipinski definition) is 1. The van der Waals surface area contributed by atoms with Crippen molar-refractivity contribution in [1.29, 1.82) is 0 Å². The quantitative estimate of drug-likeness (QED) is 0.798. The molecule has 0 heterocycles. The Morgan fingerprint density at radius 3 is 2.43 bits per heavy atom. The van der Waals surface area contributed by atoms with E-state index in [0.29, 0.717) is 23.6 Å². The molecule has 1 aromatic carbocycles. The van der Waals surface area contributed by atoms with Gasteiger partial charge >= 0.3 is 5.97 Å². The first-order valence-corrected chi connectivity index (χ1v) is 9.10. The summed E-state index contributed by atoms with van der Waals surface area (Å²) in [6.07, 6.45) is 9.79. The Morgan fingerprint density at radius 2 is 1.78 bits per heavy atom. The van der Waals surface area contributed by atoms with E-state index in [-0.39, 0.29) is 0 Å². The van der Waals surface area contributed by atoms with Gasteiger partial charge in [-0.15, -0.1) is 0 Å². The van der Waals surface area contributed by atoms with Crippen molar-refractivity contribution in [3.05, 3.63) is 27.8 Å². The molecule has 0 atom stereocenters. The van der Waals surface area contributed by atoms with Crippen molar-refractivity contribution in [1.82, 2.24) is 0 Å². The first-order chi connectivity index (χ1) is 11.1. The second-order valence-electron chi connectivity index (χ2n) is 6.92. The number of aryl methyl sites for hydroxylation is 1. The second-order valence-corrected chi connectivity index (χ2v) is 7.30. The van der Waals surface area contributed by atoms with Crippen LogP contribution < -0.4 is 4.74 Å². The lowest BCUT2D eigenvalue weighted by atomic mass is 9.68. The van der Waals surface area contributed by atoms with Gasteiger partial charge in [-0.05, 0) is 49.7 Å². The van der Waals surface area contributed by atoms with Crippen LogP contribution in [0.3, 0.4) is 0 Å². The maximum absolute atomic E-state index is 12.2. The summed E-state index contributed by atoms with van der Waals surface area (Å²) in [5.74, 6) is -0.142. The first kappa shape index (κ1) is 16.6. The number of methoxy groups -OCH3 is 1. The molecule has 1 N–H and O–H groups in total. The highest BCUT2D eigenvalue weighted by molar-refractivity contribution is 6.33. The third-order valence-electron chi connectivity index (χ3n) is 5.62. The summed E-state index contributed by atoms with van der Waals surface area (Å²) >= 11 is 6.67. The fourth-order valence-corrected chi connectivity index (χ4v) is 4.71. The Kier molecular flexibility index (Phi) is 4.86. The lowest BCUT2D eigenvalue weighted by Crippen LogP contribution is -2.38. The lowest BCUT2D eigenvalue weighted by Gasteiger charge is -2.35. The SMILES string of the molecule is COc1c(C2(C(=O)O)CCCCC2)cc2c(c1Cl)CCCCC2. The van der Waals surface area contributed by atoms with Crippen LogP contribution in [-0.4, -0.2) is 18.2 Å². The summed E-state index contributed by atoms with van der Waals surface area (Å²) in [6, 6.07) is 2.10. The molecule has 126 valence electrons. The Bertz CT molecular complexity index is 603. The van der Waals surface area contributed by atoms with E-state index in [1.54, 1.807) is 7.11 Å². The van der Waals surface area contributed by atoms with E-state index in [1.165, 1.54) is 17.5 Å². The summed E-state index contributed by atoms with van der Waals surface area (Å²) in [6.45, 7) is 0. The predicted octanol–water partition coefficient (Wildman–Crippen LogP) is 4.90. The molecule has 1 saturated carbocycles. The predicted molar refractivity (Wildman–Crippen MR) is 91.7 cm³/mol. The van der Waals surface area contributed by atoms with E-state index in [1.807, 2.05) is 0 Å². The van der Waals surface area contributed by atoms with Crippen LogP contribution in [0.4, 0.5) is 0 Å². The molecule has 2 aliphatic rings. The zero-order chi connectivity index (χ0) is 16.4. The molecule has 0 saturated heterocycles. The molecule has 0 spiro atoms. The third-order valence-corrected chi connectivity index (χ3v) is 6.02. The number of rotatable bonds is 3. The van der Waals surface area contributed by atoms with Gasteiger partial charge < -0.3 is 9.84 Å². The van der Waals surface area contributed by atoms with Gasteiger partial charge in [0, 0.05) is 5.56 Å². The minimum atomic E-state index is -0.839. The average Bonchev–Trinajstić information content (AvgIpc) is 2.81. The largest absolute Gasteiger partial charge is 0.495 e. The van der Waals surface area contributed by atoms with Gasteiger partial charge in [0.05, 0.1) is 17.5 Å². The standard InChI is InChI=1S/C19H25ClO3/c1-23-17-15(19(18(21)22)10-6-3-7-11-19)12-13-8-4-2-5-9-14(13)16(17)20/h12H,2-11H2,1H3,(H,21,22). The van der Waals surface area contributed by atoms with E-state index >= 15 is 0 Å². The summed E-state index contributed by atoms with van der Waals surface area (Å²) in [5, 5.41) is 10.7. The molecule has 0 radical (unpaired) electrons. The fraction of sp³-hybridized carbons (Fsp3) is 0.632. The van der Waals surface area contributed by atoms with Crippen molar-refractivity contribution in [2.24, 2.45) is 0 Å². The molecule has 1 aromatic rings. The van der Waals surface area contributed by atoms with Gasteiger partial charge in [0.1, 0.15) is 5.75 Å². The molecule has 1 fully saturated rings. The van der Waals surface area contributed by atoms with Gasteiger partial charge in [-0.1, -0.05) is 43.4 Å². The second kappa shape index (κ2) is 6.72. The number of halogens is 1. The van der Waals surface area contributed by atoms with Crippen molar-refractivity contribution >= 4 is 17.6 Å². The van der Waals surface area contributed by atoms with Gasteiger partial charge in [0.25, 0.3) is 0 Å². The molecule has 4 heteroatoms. The van der Waals surface area contributed by atoms with Crippen molar-refractivity contribution in [3.8, 4) is 5.75 Å². The molecule has 0 aliphatic heterocycles. The van der Waals surface area contributed by atoms with Crippen LogP contribution in [0.2, 0.25) is 5.02 Å². The molecule has 2 aliphatic carbocycles. The molecule has 3 nitrogen and oxygen atoms in total. The zero-order valence-electron chi connectivity index (χ0n) is 13.8. The number of hydrogen-bond acceptors (Lipinski definition) is 2. The normalized spacial score (nSPS) is 20.4. The first-order valence-electron chi connectivity index (χ1n) is 8.72. The van der Waals surface area contributed by atoms with Gasteiger partial charge in [0.15, 0.2) is 0 Å². The Labute approximate surface area is 143 Å². The molecular formula is C19H25ClO3. The van der Waals surface area contributed by atoms with E-state index in [9.17, 15) is 9.90 Å². The van der Waals surface area contributed by atoms with Crippen molar-refractivity contribution < 1.29 is 14.6 Å². The maximum Gasteiger partial charge on any atom is 0.314 e. The summed E-state index contributed by atoms with van der Waals surface area (Å²) in [7, 11) is 1.60. The van der Waals surface area contributed by atoms with Crippen molar-refractivity contribution in [2.45, 2.75) is 69.6 Å². The molecule has 0 amide bonds. The minimum absolute atomic E-state index is 0.594. The van der Waals surface area contributed by atoms with E-state index in [0.717, 1.165) is 50.5 Å². The number of carboxylic acids is 1. The van der Waals surface area contributed by atoms with Crippen LogP contribution in [0.25, 0.3) is 0 Å². The topological polar surface area (TPSA) is 46.5 Å². The highest BCUT2D eigenvalue weighted by Gasteiger charge is 2.44. The van der Waals surface area contributed by atoms with Crippen molar-refractivity contribution in [3.63, 3.8) is 0 Å². The van der Waals surface area contributed by atoms with Crippen LogP contribution >= 0.6 is 11.6 Å². The number of benzene rings is 1. The zero-order valence-corrected chi connectivity index (χ0v) is 14.5. The van der Waals surface area contributed by atoms with Gasteiger partial charge in [0.2, 0.25) is 0 Å². The van der Waals surface area contributed by atoms with E-state index < -0.39 is 11.4 Å². The Balaban J connectivity index is 2.19. The summed E-state index contributed by atoms with van der Waals surface area (Å²) in [4.78, 5) is 12.2. The Morgan fingerprint density at radius 1 is 1.13 bits per heavy atom.